The normalized spacial score (nSPS) is 17.2. The smallest absolute Gasteiger partial charge is 0.251 e. The molecule has 4 nitrogen and oxygen atoms in total. The van der Waals surface area contributed by atoms with Gasteiger partial charge < -0.3 is 10.2 Å². The van der Waals surface area contributed by atoms with Crippen molar-refractivity contribution in [3.05, 3.63) is 65.5 Å². The molecule has 1 aliphatic heterocycles. The van der Waals surface area contributed by atoms with Gasteiger partial charge in [0, 0.05) is 36.7 Å². The number of nitrogens with zero attached hydrogens (tertiary/aromatic N) is 1. The summed E-state index contributed by atoms with van der Waals surface area (Å²) in [4.78, 5) is 25.9. The van der Waals surface area contributed by atoms with Gasteiger partial charge >= 0.3 is 0 Å². The first kappa shape index (κ1) is 16.2. The summed E-state index contributed by atoms with van der Waals surface area (Å²) >= 11 is 0. The molecule has 3 rings (SSSR count). The van der Waals surface area contributed by atoms with Crippen LogP contribution in [0.4, 0.5) is 10.1 Å². The Morgan fingerprint density at radius 1 is 1.17 bits per heavy atom. The van der Waals surface area contributed by atoms with Crippen LogP contribution in [0.25, 0.3) is 0 Å². The lowest BCUT2D eigenvalue weighted by atomic mass is 10.1. The number of aryl methyl sites for hydroxylation is 1. The second-order valence-corrected chi connectivity index (χ2v) is 6.13. The zero-order chi connectivity index (χ0) is 17.1. The molecule has 0 radical (unpaired) electrons. The number of hydrogen-bond donors (Lipinski definition) is 1. The molecule has 0 saturated carbocycles. The number of rotatable bonds is 4. The molecule has 1 N–H and O–H groups in total. The van der Waals surface area contributed by atoms with Crippen molar-refractivity contribution in [1.82, 2.24) is 5.32 Å². The monoisotopic (exact) mass is 326 g/mol. The Kier molecular flexibility index (Phi) is 4.60. The minimum Gasteiger partial charge on any atom is -0.352 e. The lowest BCUT2D eigenvalue weighted by Gasteiger charge is -2.17. The highest BCUT2D eigenvalue weighted by Crippen LogP contribution is 2.24. The summed E-state index contributed by atoms with van der Waals surface area (Å²) in [6, 6.07) is 13.2. The molecule has 1 fully saturated rings. The molecule has 0 unspecified atom stereocenters. The zero-order valence-corrected chi connectivity index (χ0v) is 13.5. The summed E-state index contributed by atoms with van der Waals surface area (Å²) in [6.07, 6.45) is 0.381. The molecule has 24 heavy (non-hydrogen) atoms. The van der Waals surface area contributed by atoms with Crippen molar-refractivity contribution >= 4 is 17.5 Å². The van der Waals surface area contributed by atoms with Crippen molar-refractivity contribution in [2.24, 2.45) is 5.92 Å². The van der Waals surface area contributed by atoms with Crippen LogP contribution >= 0.6 is 0 Å². The maximum absolute atomic E-state index is 13.0. The third-order valence-corrected chi connectivity index (χ3v) is 4.21. The molecule has 2 aromatic rings. The predicted molar refractivity (Wildman–Crippen MR) is 90.4 cm³/mol. The summed E-state index contributed by atoms with van der Waals surface area (Å²) in [7, 11) is 0. The number of benzene rings is 2. The molecule has 0 aromatic heterocycles. The van der Waals surface area contributed by atoms with Crippen molar-refractivity contribution in [3.8, 4) is 0 Å². The summed E-state index contributed by atoms with van der Waals surface area (Å²) < 4.78 is 13.0. The lowest BCUT2D eigenvalue weighted by Crippen LogP contribution is -2.31. The van der Waals surface area contributed by atoms with E-state index in [1.807, 2.05) is 19.1 Å². The topological polar surface area (TPSA) is 49.4 Å². The summed E-state index contributed by atoms with van der Waals surface area (Å²) in [6.45, 7) is 2.94. The first-order valence-electron chi connectivity index (χ1n) is 7.94. The van der Waals surface area contributed by atoms with E-state index in [9.17, 15) is 14.0 Å². The highest BCUT2D eigenvalue weighted by Gasteiger charge is 2.30. The minimum atomic E-state index is -0.327. The number of anilines is 1. The van der Waals surface area contributed by atoms with E-state index in [1.54, 1.807) is 29.2 Å². The van der Waals surface area contributed by atoms with Crippen LogP contribution in [0.3, 0.4) is 0 Å². The molecular formula is C19H19FN2O2. The standard InChI is InChI=1S/C19H19FN2O2/c1-13-2-4-15(5-3-13)19(24)21-11-14-10-18(23)22(12-14)17-8-6-16(20)7-9-17/h2-9,14H,10-12H2,1H3,(H,21,24)/t14-/m0/s1. The molecule has 1 atom stereocenters. The van der Waals surface area contributed by atoms with Gasteiger partial charge in [0.15, 0.2) is 0 Å². The summed E-state index contributed by atoms with van der Waals surface area (Å²) in [5.74, 6) is -0.414. The fraction of sp³-hybridized carbons (Fsp3) is 0.263. The van der Waals surface area contributed by atoms with Gasteiger partial charge in [-0.15, -0.1) is 0 Å². The number of carbonyl (C=O) groups is 2. The molecule has 1 aliphatic rings. The van der Waals surface area contributed by atoms with Crippen LogP contribution in [0.15, 0.2) is 48.5 Å². The van der Waals surface area contributed by atoms with E-state index in [0.717, 1.165) is 5.56 Å². The van der Waals surface area contributed by atoms with E-state index < -0.39 is 0 Å². The van der Waals surface area contributed by atoms with Gasteiger partial charge in [0.1, 0.15) is 5.82 Å². The highest BCUT2D eigenvalue weighted by molar-refractivity contribution is 5.96. The fourth-order valence-electron chi connectivity index (χ4n) is 2.83. The Balaban J connectivity index is 1.57. The minimum absolute atomic E-state index is 0.00352. The van der Waals surface area contributed by atoms with Crippen LogP contribution in [-0.4, -0.2) is 24.9 Å². The van der Waals surface area contributed by atoms with Crippen molar-refractivity contribution < 1.29 is 14.0 Å². The molecule has 1 saturated heterocycles. The van der Waals surface area contributed by atoms with Crippen molar-refractivity contribution in [3.63, 3.8) is 0 Å². The Morgan fingerprint density at radius 2 is 1.83 bits per heavy atom. The molecule has 1 heterocycles. The third-order valence-electron chi connectivity index (χ3n) is 4.21. The van der Waals surface area contributed by atoms with Gasteiger partial charge in [-0.25, -0.2) is 4.39 Å². The van der Waals surface area contributed by atoms with E-state index in [4.69, 9.17) is 0 Å². The van der Waals surface area contributed by atoms with E-state index >= 15 is 0 Å². The molecular weight excluding hydrogens is 307 g/mol. The van der Waals surface area contributed by atoms with Crippen molar-refractivity contribution in [1.29, 1.82) is 0 Å². The first-order chi connectivity index (χ1) is 11.5. The summed E-state index contributed by atoms with van der Waals surface area (Å²) in [5, 5.41) is 2.88. The third kappa shape index (κ3) is 3.62. The molecule has 5 heteroatoms. The van der Waals surface area contributed by atoms with Gasteiger partial charge in [0.2, 0.25) is 5.91 Å². The van der Waals surface area contributed by atoms with Crippen molar-refractivity contribution in [2.45, 2.75) is 13.3 Å². The van der Waals surface area contributed by atoms with Crippen LogP contribution in [0, 0.1) is 18.7 Å². The van der Waals surface area contributed by atoms with Gasteiger partial charge in [0.25, 0.3) is 5.91 Å². The van der Waals surface area contributed by atoms with E-state index in [0.29, 0.717) is 30.8 Å². The average molecular weight is 326 g/mol. The average Bonchev–Trinajstić information content (AvgIpc) is 2.95. The highest BCUT2D eigenvalue weighted by atomic mass is 19.1. The van der Waals surface area contributed by atoms with Gasteiger partial charge in [-0.2, -0.15) is 0 Å². The van der Waals surface area contributed by atoms with Gasteiger partial charge in [-0.05, 0) is 43.3 Å². The quantitative estimate of drug-likeness (QED) is 0.939. The number of halogens is 1. The van der Waals surface area contributed by atoms with Crippen LogP contribution in [-0.2, 0) is 4.79 Å². The number of carbonyl (C=O) groups excluding carboxylic acids is 2. The number of hydrogen-bond acceptors (Lipinski definition) is 2. The van der Waals surface area contributed by atoms with E-state index in [1.165, 1.54) is 12.1 Å². The molecule has 0 bridgehead atoms. The van der Waals surface area contributed by atoms with Gasteiger partial charge in [-0.1, -0.05) is 17.7 Å². The largest absolute Gasteiger partial charge is 0.352 e. The fourth-order valence-corrected chi connectivity index (χ4v) is 2.83. The summed E-state index contributed by atoms with van der Waals surface area (Å²) in [5.41, 5.74) is 2.40. The van der Waals surface area contributed by atoms with Crippen LogP contribution in [0.2, 0.25) is 0 Å². The van der Waals surface area contributed by atoms with Gasteiger partial charge in [0.05, 0.1) is 0 Å². The van der Waals surface area contributed by atoms with Crippen LogP contribution in [0.5, 0.6) is 0 Å². The van der Waals surface area contributed by atoms with Crippen molar-refractivity contribution in [2.75, 3.05) is 18.0 Å². The Morgan fingerprint density at radius 3 is 2.50 bits per heavy atom. The maximum Gasteiger partial charge on any atom is 0.251 e. The van der Waals surface area contributed by atoms with Crippen LogP contribution < -0.4 is 10.2 Å². The first-order valence-corrected chi connectivity index (χ1v) is 7.94. The zero-order valence-electron chi connectivity index (χ0n) is 13.5. The SMILES string of the molecule is Cc1ccc(C(=O)NC[C@@H]2CC(=O)N(c3ccc(F)cc3)C2)cc1. The molecule has 0 aliphatic carbocycles. The molecule has 0 spiro atoms. The van der Waals surface area contributed by atoms with Gasteiger partial charge in [-0.3, -0.25) is 9.59 Å². The second kappa shape index (κ2) is 6.83. The number of nitrogens with one attached hydrogen (secondary N) is 1. The molecule has 2 aromatic carbocycles. The molecule has 2 amide bonds. The Labute approximate surface area is 140 Å². The maximum atomic E-state index is 13.0. The second-order valence-electron chi connectivity index (χ2n) is 6.13. The molecule has 124 valence electrons. The number of amides is 2. The predicted octanol–water partition coefficient (Wildman–Crippen LogP) is 2.92. The lowest BCUT2D eigenvalue weighted by molar-refractivity contribution is -0.117. The van der Waals surface area contributed by atoms with E-state index in [-0.39, 0.29) is 23.5 Å². The van der Waals surface area contributed by atoms with Crippen LogP contribution in [0.1, 0.15) is 22.3 Å². The van der Waals surface area contributed by atoms with E-state index in [2.05, 4.69) is 5.32 Å². The Bertz CT molecular complexity index is 741. The Hall–Kier alpha value is -2.69.